The monoisotopic (exact) mass is 423 g/mol. The fourth-order valence-corrected chi connectivity index (χ4v) is 3.99. The van der Waals surface area contributed by atoms with E-state index in [9.17, 15) is 14.7 Å². The summed E-state index contributed by atoms with van der Waals surface area (Å²) in [6, 6.07) is 4.54. The number of aliphatic hydroxyl groups excluding tert-OH is 1. The van der Waals surface area contributed by atoms with E-state index in [1.165, 1.54) is 11.1 Å². The number of ketones is 1. The highest BCUT2D eigenvalue weighted by molar-refractivity contribution is 6.46. The number of aliphatic hydroxyl groups is 1. The van der Waals surface area contributed by atoms with Gasteiger partial charge in [-0.2, -0.15) is 0 Å². The van der Waals surface area contributed by atoms with Gasteiger partial charge in [0, 0.05) is 38.6 Å². The molecule has 1 unspecified atom stereocenters. The molecule has 1 N–H and O–H groups in total. The van der Waals surface area contributed by atoms with Crippen LogP contribution >= 0.6 is 0 Å². The molecule has 0 radical (unpaired) electrons. The first-order valence-corrected chi connectivity index (χ1v) is 10.3. The number of carbonyl (C=O) groups excluding carboxylic acids is 2. The van der Waals surface area contributed by atoms with Crippen LogP contribution in [0.15, 0.2) is 36.2 Å². The summed E-state index contributed by atoms with van der Waals surface area (Å²) in [5, 5.41) is 11.1. The molecule has 4 heterocycles. The first-order valence-electron chi connectivity index (χ1n) is 10.3. The molecule has 31 heavy (non-hydrogen) atoms. The van der Waals surface area contributed by atoms with Crippen molar-refractivity contribution >= 4 is 17.4 Å². The molecule has 0 spiro atoms. The zero-order valence-electron chi connectivity index (χ0n) is 17.6. The van der Waals surface area contributed by atoms with Crippen LogP contribution in [0.4, 0.5) is 0 Å². The number of pyridine rings is 1. The van der Waals surface area contributed by atoms with Crippen molar-refractivity contribution in [3.63, 3.8) is 0 Å². The molecule has 2 aliphatic heterocycles. The minimum absolute atomic E-state index is 0.0150. The van der Waals surface area contributed by atoms with E-state index in [0.29, 0.717) is 49.1 Å². The van der Waals surface area contributed by atoms with Crippen molar-refractivity contribution in [2.45, 2.75) is 19.9 Å². The molecule has 2 aromatic heterocycles. The number of aryl methyl sites for hydroxylation is 2. The standard InChI is InChI=1S/C22H25N5O4/c1-14-16(13-24-15(2)25-14)20(28)18-19(17-5-3-4-6-23-17)27(22(30)21(18)29)8-7-26-9-11-31-12-10-26/h3-6,13,19,28H,7-12H2,1-2H3. The van der Waals surface area contributed by atoms with Gasteiger partial charge in [0.2, 0.25) is 0 Å². The lowest BCUT2D eigenvalue weighted by atomic mass is 9.98. The summed E-state index contributed by atoms with van der Waals surface area (Å²) >= 11 is 0. The largest absolute Gasteiger partial charge is 0.507 e. The average Bonchev–Trinajstić information content (AvgIpc) is 3.03. The van der Waals surface area contributed by atoms with Crippen LogP contribution in [0.3, 0.4) is 0 Å². The molecule has 9 nitrogen and oxygen atoms in total. The number of nitrogens with zero attached hydrogens (tertiary/aromatic N) is 5. The summed E-state index contributed by atoms with van der Waals surface area (Å²) in [5.41, 5.74) is 1.40. The van der Waals surface area contributed by atoms with Gasteiger partial charge in [-0.25, -0.2) is 9.97 Å². The Morgan fingerprint density at radius 2 is 1.94 bits per heavy atom. The summed E-state index contributed by atoms with van der Waals surface area (Å²) in [4.78, 5) is 42.5. The van der Waals surface area contributed by atoms with Crippen molar-refractivity contribution in [1.29, 1.82) is 0 Å². The lowest BCUT2D eigenvalue weighted by Crippen LogP contribution is -2.42. The van der Waals surface area contributed by atoms with Gasteiger partial charge in [0.15, 0.2) is 0 Å². The highest BCUT2D eigenvalue weighted by Crippen LogP contribution is 2.38. The smallest absolute Gasteiger partial charge is 0.295 e. The van der Waals surface area contributed by atoms with Crippen LogP contribution in [0.25, 0.3) is 5.76 Å². The molecule has 4 rings (SSSR count). The van der Waals surface area contributed by atoms with Crippen LogP contribution in [-0.4, -0.2) is 80.9 Å². The van der Waals surface area contributed by atoms with Gasteiger partial charge in [-0.05, 0) is 26.0 Å². The molecule has 0 saturated carbocycles. The van der Waals surface area contributed by atoms with Crippen LogP contribution in [0, 0.1) is 13.8 Å². The Bertz CT molecular complexity index is 1020. The number of morpholine rings is 1. The summed E-state index contributed by atoms with van der Waals surface area (Å²) in [5.74, 6) is -1.09. The Morgan fingerprint density at radius 1 is 1.16 bits per heavy atom. The van der Waals surface area contributed by atoms with Crippen LogP contribution < -0.4 is 0 Å². The third-order valence-electron chi connectivity index (χ3n) is 5.62. The molecule has 2 aromatic rings. The fourth-order valence-electron chi connectivity index (χ4n) is 3.99. The second-order valence-electron chi connectivity index (χ2n) is 7.62. The van der Waals surface area contributed by atoms with Crippen LogP contribution in [-0.2, 0) is 14.3 Å². The number of rotatable bonds is 5. The highest BCUT2D eigenvalue weighted by atomic mass is 16.5. The zero-order chi connectivity index (χ0) is 22.0. The van der Waals surface area contributed by atoms with Gasteiger partial charge in [-0.3, -0.25) is 19.5 Å². The second-order valence-corrected chi connectivity index (χ2v) is 7.62. The highest BCUT2D eigenvalue weighted by Gasteiger charge is 2.46. The Balaban J connectivity index is 1.74. The molecule has 2 aliphatic rings. The molecule has 0 aromatic carbocycles. The normalized spacial score (nSPS) is 21.6. The third kappa shape index (κ3) is 4.19. The summed E-state index contributed by atoms with van der Waals surface area (Å²) in [7, 11) is 0. The summed E-state index contributed by atoms with van der Waals surface area (Å²) in [6.45, 7) is 7.27. The first-order chi connectivity index (χ1) is 15.0. The number of likely N-dealkylation sites (tertiary alicyclic amines) is 1. The molecule has 1 atom stereocenters. The Kier molecular flexibility index (Phi) is 6.06. The van der Waals surface area contributed by atoms with Crippen molar-refractivity contribution in [1.82, 2.24) is 24.8 Å². The molecule has 0 aliphatic carbocycles. The SMILES string of the molecule is Cc1ncc(C(O)=C2C(=O)C(=O)N(CCN3CCOCC3)C2c2ccccn2)c(C)n1. The van der Waals surface area contributed by atoms with Gasteiger partial charge < -0.3 is 14.7 Å². The zero-order valence-corrected chi connectivity index (χ0v) is 17.6. The number of aromatic nitrogens is 3. The number of ether oxygens (including phenoxy) is 1. The molecular formula is C22H25N5O4. The van der Waals surface area contributed by atoms with Crippen molar-refractivity contribution in [2.75, 3.05) is 39.4 Å². The Hall–Kier alpha value is -3.17. The van der Waals surface area contributed by atoms with Gasteiger partial charge in [0.05, 0.1) is 35.7 Å². The molecular weight excluding hydrogens is 398 g/mol. The van der Waals surface area contributed by atoms with E-state index < -0.39 is 17.7 Å². The van der Waals surface area contributed by atoms with E-state index in [4.69, 9.17) is 4.74 Å². The van der Waals surface area contributed by atoms with E-state index in [0.717, 1.165) is 13.1 Å². The average molecular weight is 423 g/mol. The van der Waals surface area contributed by atoms with Gasteiger partial charge in [0.25, 0.3) is 11.7 Å². The molecule has 2 saturated heterocycles. The van der Waals surface area contributed by atoms with Crippen molar-refractivity contribution in [3.8, 4) is 0 Å². The Labute approximate surface area is 180 Å². The van der Waals surface area contributed by atoms with E-state index in [-0.39, 0.29) is 11.3 Å². The third-order valence-corrected chi connectivity index (χ3v) is 5.62. The number of hydrogen-bond acceptors (Lipinski definition) is 8. The maximum Gasteiger partial charge on any atom is 0.295 e. The maximum absolute atomic E-state index is 13.0. The Morgan fingerprint density at radius 3 is 2.61 bits per heavy atom. The van der Waals surface area contributed by atoms with Crippen LogP contribution in [0.2, 0.25) is 0 Å². The van der Waals surface area contributed by atoms with Crippen molar-refractivity contribution < 1.29 is 19.4 Å². The maximum atomic E-state index is 13.0. The van der Waals surface area contributed by atoms with Crippen molar-refractivity contribution in [3.05, 3.63) is 58.9 Å². The second kappa shape index (κ2) is 8.91. The van der Waals surface area contributed by atoms with Crippen LogP contribution in [0.5, 0.6) is 0 Å². The van der Waals surface area contributed by atoms with Gasteiger partial charge in [-0.15, -0.1) is 0 Å². The first kappa shape index (κ1) is 21.1. The lowest BCUT2D eigenvalue weighted by molar-refractivity contribution is -0.140. The quantitative estimate of drug-likeness (QED) is 0.435. The number of carbonyl (C=O) groups is 2. The van der Waals surface area contributed by atoms with Crippen molar-refractivity contribution in [2.24, 2.45) is 0 Å². The predicted molar refractivity (Wildman–Crippen MR) is 112 cm³/mol. The van der Waals surface area contributed by atoms with Crippen LogP contribution in [0.1, 0.15) is 28.8 Å². The molecule has 0 bridgehead atoms. The fraction of sp³-hybridized carbons (Fsp3) is 0.409. The topological polar surface area (TPSA) is 109 Å². The summed E-state index contributed by atoms with van der Waals surface area (Å²) in [6.07, 6.45) is 3.08. The minimum atomic E-state index is -0.775. The lowest BCUT2D eigenvalue weighted by Gasteiger charge is -2.30. The van der Waals surface area contributed by atoms with Gasteiger partial charge in [-0.1, -0.05) is 6.07 Å². The molecule has 9 heteroatoms. The van der Waals surface area contributed by atoms with Gasteiger partial charge >= 0.3 is 0 Å². The van der Waals surface area contributed by atoms with E-state index in [2.05, 4.69) is 19.9 Å². The molecule has 1 amide bonds. The molecule has 2 fully saturated rings. The minimum Gasteiger partial charge on any atom is -0.507 e. The number of Topliss-reactive ketones (excluding diaryl/α,β-unsaturated/α-hetero) is 1. The predicted octanol–water partition coefficient (Wildman–Crippen LogP) is 1.24. The number of amides is 1. The summed E-state index contributed by atoms with van der Waals surface area (Å²) < 4.78 is 5.38. The van der Waals surface area contributed by atoms with E-state index >= 15 is 0 Å². The number of hydrogen-bond donors (Lipinski definition) is 1. The van der Waals surface area contributed by atoms with E-state index in [1.54, 1.807) is 38.2 Å². The van der Waals surface area contributed by atoms with Gasteiger partial charge in [0.1, 0.15) is 17.6 Å². The molecule has 162 valence electrons. The van der Waals surface area contributed by atoms with E-state index in [1.807, 2.05) is 0 Å².